The van der Waals surface area contributed by atoms with Crippen LogP contribution in [0.5, 0.6) is 0 Å². The van der Waals surface area contributed by atoms with Crippen LogP contribution in [0.25, 0.3) is 0 Å². The lowest BCUT2D eigenvalue weighted by Gasteiger charge is -2.07. The molecule has 0 radical (unpaired) electrons. The van der Waals surface area contributed by atoms with Gasteiger partial charge in [-0.2, -0.15) is 4.98 Å². The van der Waals surface area contributed by atoms with Gasteiger partial charge in [0.15, 0.2) is 0 Å². The van der Waals surface area contributed by atoms with Crippen LogP contribution in [0.3, 0.4) is 0 Å². The molecule has 0 aliphatic heterocycles. The van der Waals surface area contributed by atoms with Crippen LogP contribution in [0, 0.1) is 17.0 Å². The molecule has 0 aliphatic rings. The molecular formula is C12H16N6O2S. The van der Waals surface area contributed by atoms with Crippen LogP contribution in [0.1, 0.15) is 24.0 Å². The Bertz CT molecular complexity index is 630. The molecule has 2 rings (SSSR count). The van der Waals surface area contributed by atoms with Gasteiger partial charge in [0.1, 0.15) is 11.2 Å². The molecule has 2 N–H and O–H groups in total. The SMILES string of the molecule is CCCNc1ncc([N+](=O)[O-])c(NCc2nc(C)cs2)n1. The summed E-state index contributed by atoms with van der Waals surface area (Å²) in [7, 11) is 0. The Labute approximate surface area is 125 Å². The number of aromatic nitrogens is 3. The maximum Gasteiger partial charge on any atom is 0.329 e. The summed E-state index contributed by atoms with van der Waals surface area (Å²) in [5, 5.41) is 19.8. The van der Waals surface area contributed by atoms with Gasteiger partial charge in [0.2, 0.25) is 11.8 Å². The number of hydrogen-bond donors (Lipinski definition) is 2. The number of anilines is 2. The summed E-state index contributed by atoms with van der Waals surface area (Å²) in [6, 6.07) is 0. The van der Waals surface area contributed by atoms with Crippen molar-refractivity contribution in [3.05, 3.63) is 32.4 Å². The molecule has 0 fully saturated rings. The maximum absolute atomic E-state index is 11.0. The lowest BCUT2D eigenvalue weighted by atomic mass is 10.4. The van der Waals surface area contributed by atoms with Crippen LogP contribution in [-0.4, -0.2) is 26.4 Å². The van der Waals surface area contributed by atoms with Crippen molar-refractivity contribution in [1.82, 2.24) is 15.0 Å². The highest BCUT2D eigenvalue weighted by molar-refractivity contribution is 7.09. The Morgan fingerprint density at radius 1 is 1.38 bits per heavy atom. The second-order valence-corrected chi connectivity index (χ2v) is 5.29. The number of thiazole rings is 1. The molecular weight excluding hydrogens is 292 g/mol. The van der Waals surface area contributed by atoms with Gasteiger partial charge in [-0.1, -0.05) is 6.92 Å². The van der Waals surface area contributed by atoms with Crippen molar-refractivity contribution in [2.24, 2.45) is 0 Å². The number of aryl methyl sites for hydroxylation is 1. The van der Waals surface area contributed by atoms with Crippen molar-refractivity contribution < 1.29 is 4.92 Å². The Hall–Kier alpha value is -2.29. The molecule has 2 heterocycles. The number of nitrogens with zero attached hydrogens (tertiary/aromatic N) is 4. The molecule has 9 heteroatoms. The highest BCUT2D eigenvalue weighted by atomic mass is 32.1. The first-order valence-corrected chi connectivity index (χ1v) is 7.38. The smallest absolute Gasteiger partial charge is 0.329 e. The summed E-state index contributed by atoms with van der Waals surface area (Å²) in [4.78, 5) is 22.9. The largest absolute Gasteiger partial charge is 0.358 e. The molecule has 0 atom stereocenters. The van der Waals surface area contributed by atoms with E-state index in [1.54, 1.807) is 0 Å². The van der Waals surface area contributed by atoms with Crippen molar-refractivity contribution in [3.8, 4) is 0 Å². The van der Waals surface area contributed by atoms with E-state index in [2.05, 4.69) is 25.6 Å². The van der Waals surface area contributed by atoms with Gasteiger partial charge in [-0.05, 0) is 13.3 Å². The molecule has 0 spiro atoms. The van der Waals surface area contributed by atoms with E-state index in [9.17, 15) is 10.1 Å². The Balaban J connectivity index is 2.15. The molecule has 8 nitrogen and oxygen atoms in total. The molecule has 0 bridgehead atoms. The maximum atomic E-state index is 11.0. The van der Waals surface area contributed by atoms with Crippen molar-refractivity contribution in [1.29, 1.82) is 0 Å². The minimum Gasteiger partial charge on any atom is -0.358 e. The van der Waals surface area contributed by atoms with Gasteiger partial charge in [0.25, 0.3) is 0 Å². The molecule has 112 valence electrons. The third kappa shape index (κ3) is 4.09. The molecule has 0 aromatic carbocycles. The highest BCUT2D eigenvalue weighted by Crippen LogP contribution is 2.23. The second-order valence-electron chi connectivity index (χ2n) is 4.35. The predicted molar refractivity (Wildman–Crippen MR) is 81.6 cm³/mol. The fourth-order valence-corrected chi connectivity index (χ4v) is 2.32. The van der Waals surface area contributed by atoms with Crippen LogP contribution in [0.4, 0.5) is 17.5 Å². The summed E-state index contributed by atoms with van der Waals surface area (Å²) in [6.07, 6.45) is 2.13. The molecule has 0 aliphatic carbocycles. The number of hydrogen-bond acceptors (Lipinski definition) is 8. The second kappa shape index (κ2) is 6.93. The topological polar surface area (TPSA) is 106 Å². The Kier molecular flexibility index (Phi) is 4.99. The van der Waals surface area contributed by atoms with Gasteiger partial charge in [0.05, 0.1) is 11.5 Å². The normalized spacial score (nSPS) is 10.4. The van der Waals surface area contributed by atoms with Crippen molar-refractivity contribution in [3.63, 3.8) is 0 Å². The van der Waals surface area contributed by atoms with Crippen LogP contribution in [0.15, 0.2) is 11.6 Å². The minimum atomic E-state index is -0.501. The summed E-state index contributed by atoms with van der Waals surface area (Å²) in [5.41, 5.74) is 0.782. The fraction of sp³-hybridized carbons (Fsp3) is 0.417. The molecule has 2 aromatic heterocycles. The first kappa shape index (κ1) is 15.1. The zero-order chi connectivity index (χ0) is 15.2. The predicted octanol–water partition coefficient (Wildman–Crippen LogP) is 2.58. The van der Waals surface area contributed by atoms with Crippen molar-refractivity contribution in [2.75, 3.05) is 17.2 Å². The fourth-order valence-electron chi connectivity index (χ4n) is 1.60. The average Bonchev–Trinajstić information content (AvgIpc) is 2.88. The minimum absolute atomic E-state index is 0.148. The van der Waals surface area contributed by atoms with E-state index in [0.29, 0.717) is 19.0 Å². The monoisotopic (exact) mass is 308 g/mol. The van der Waals surface area contributed by atoms with E-state index in [-0.39, 0.29) is 11.5 Å². The Morgan fingerprint density at radius 3 is 2.81 bits per heavy atom. The Morgan fingerprint density at radius 2 is 2.19 bits per heavy atom. The van der Waals surface area contributed by atoms with Crippen LogP contribution in [0.2, 0.25) is 0 Å². The van der Waals surface area contributed by atoms with E-state index in [4.69, 9.17) is 0 Å². The number of rotatable bonds is 7. The van der Waals surface area contributed by atoms with Crippen molar-refractivity contribution in [2.45, 2.75) is 26.8 Å². The van der Waals surface area contributed by atoms with E-state index >= 15 is 0 Å². The third-order valence-electron chi connectivity index (χ3n) is 2.57. The van der Waals surface area contributed by atoms with Gasteiger partial charge in [0, 0.05) is 17.6 Å². The molecule has 0 saturated heterocycles. The van der Waals surface area contributed by atoms with Gasteiger partial charge in [-0.25, -0.2) is 9.97 Å². The molecule has 0 amide bonds. The molecule has 21 heavy (non-hydrogen) atoms. The molecule has 0 saturated carbocycles. The van der Waals surface area contributed by atoms with Gasteiger partial charge in [-0.3, -0.25) is 10.1 Å². The van der Waals surface area contributed by atoms with E-state index < -0.39 is 4.92 Å². The quantitative estimate of drug-likeness (QED) is 0.598. The average molecular weight is 308 g/mol. The lowest BCUT2D eigenvalue weighted by molar-refractivity contribution is -0.384. The van der Waals surface area contributed by atoms with Gasteiger partial charge < -0.3 is 10.6 Å². The lowest BCUT2D eigenvalue weighted by Crippen LogP contribution is -2.09. The van der Waals surface area contributed by atoms with Gasteiger partial charge >= 0.3 is 5.69 Å². The number of nitro groups is 1. The zero-order valence-electron chi connectivity index (χ0n) is 11.8. The summed E-state index contributed by atoms with van der Waals surface area (Å²) in [5.74, 6) is 0.571. The highest BCUT2D eigenvalue weighted by Gasteiger charge is 2.17. The summed E-state index contributed by atoms with van der Waals surface area (Å²) >= 11 is 1.50. The number of nitrogens with one attached hydrogen (secondary N) is 2. The van der Waals surface area contributed by atoms with Crippen molar-refractivity contribution >= 4 is 28.8 Å². The van der Waals surface area contributed by atoms with Crippen LogP contribution >= 0.6 is 11.3 Å². The first-order chi connectivity index (χ1) is 10.1. The zero-order valence-corrected chi connectivity index (χ0v) is 12.6. The van der Waals surface area contributed by atoms with Crippen LogP contribution < -0.4 is 10.6 Å². The standard InChI is InChI=1S/C12H16N6O2S/c1-3-4-13-12-15-5-9(18(19)20)11(17-12)14-6-10-16-8(2)7-21-10/h5,7H,3-4,6H2,1-2H3,(H2,13,14,15,17). The van der Waals surface area contributed by atoms with Crippen LogP contribution in [-0.2, 0) is 6.54 Å². The molecule has 2 aromatic rings. The first-order valence-electron chi connectivity index (χ1n) is 6.50. The third-order valence-corrected chi connectivity index (χ3v) is 3.54. The summed E-state index contributed by atoms with van der Waals surface area (Å²) in [6.45, 7) is 5.02. The molecule has 0 unspecified atom stereocenters. The van der Waals surface area contributed by atoms with E-state index in [0.717, 1.165) is 17.1 Å². The summed E-state index contributed by atoms with van der Waals surface area (Å²) < 4.78 is 0. The van der Waals surface area contributed by atoms with Gasteiger partial charge in [-0.15, -0.1) is 11.3 Å². The van der Waals surface area contributed by atoms with E-state index in [1.165, 1.54) is 17.5 Å². The van der Waals surface area contributed by atoms with E-state index in [1.807, 2.05) is 19.2 Å².